The first-order valence-electron chi connectivity index (χ1n) is 2.70. The Balaban J connectivity index is 0. The van der Waals surface area contributed by atoms with Crippen molar-refractivity contribution in [2.75, 3.05) is 5.88 Å². The van der Waals surface area contributed by atoms with E-state index < -0.39 is 0 Å². The Morgan fingerprint density at radius 1 is 1.62 bits per heavy atom. The predicted octanol–water partition coefficient (Wildman–Crippen LogP) is 2.56. The molecule has 0 heterocycles. The molecular weight excluding hydrogens is 122 g/mol. The average molecular weight is 134 g/mol. The molecule has 0 aliphatic rings. The van der Waals surface area contributed by atoms with E-state index in [1.165, 1.54) is 13.3 Å². The highest BCUT2D eigenvalue weighted by molar-refractivity contribution is 6.17. The fourth-order valence-electron chi connectivity index (χ4n) is 0.134. The van der Waals surface area contributed by atoms with Gasteiger partial charge < -0.3 is 0 Å². The molecule has 0 rings (SSSR count). The second-order valence-corrected chi connectivity index (χ2v) is 1.64. The van der Waals surface area contributed by atoms with Crippen LogP contribution in [0, 0.1) is 11.3 Å². The number of nitriles is 1. The Hall–Kier alpha value is -0.220. The van der Waals surface area contributed by atoms with Crippen LogP contribution < -0.4 is 0 Å². The summed E-state index contributed by atoms with van der Waals surface area (Å²) < 4.78 is 0. The Bertz CT molecular complexity index is 54.0. The quantitative estimate of drug-likeness (QED) is 0.531. The zero-order valence-electron chi connectivity index (χ0n) is 5.45. The van der Waals surface area contributed by atoms with Crippen LogP contribution in [0.15, 0.2) is 0 Å². The van der Waals surface area contributed by atoms with Gasteiger partial charge in [0, 0.05) is 12.8 Å². The van der Waals surface area contributed by atoms with Crippen molar-refractivity contribution in [3.63, 3.8) is 0 Å². The predicted molar refractivity (Wildman–Crippen MR) is 36.9 cm³/mol. The summed E-state index contributed by atoms with van der Waals surface area (Å²) in [5.41, 5.74) is 0. The topological polar surface area (TPSA) is 23.8 Å². The lowest BCUT2D eigenvalue weighted by Gasteiger charge is -1.77. The molecule has 8 heavy (non-hydrogen) atoms. The summed E-state index contributed by atoms with van der Waals surface area (Å²) >= 11 is 5.30. The van der Waals surface area contributed by atoms with Crippen molar-refractivity contribution < 1.29 is 0 Å². The van der Waals surface area contributed by atoms with Crippen molar-refractivity contribution >= 4 is 11.6 Å². The van der Waals surface area contributed by atoms with Gasteiger partial charge in [0.2, 0.25) is 0 Å². The summed E-state index contributed by atoms with van der Waals surface area (Å²) in [7, 11) is 0. The minimum Gasteiger partial charge on any atom is -0.199 e. The number of alkyl halides is 1. The Morgan fingerprint density at radius 2 is 2.00 bits per heavy atom. The molecule has 0 aliphatic heterocycles. The summed E-state index contributed by atoms with van der Waals surface area (Å²) in [6.45, 7) is 3.56. The van der Waals surface area contributed by atoms with Crippen molar-refractivity contribution in [1.29, 1.82) is 5.26 Å². The molecule has 0 aliphatic carbocycles. The zero-order chi connectivity index (χ0) is 6.83. The van der Waals surface area contributed by atoms with Crippen molar-refractivity contribution in [2.45, 2.75) is 26.7 Å². The van der Waals surface area contributed by atoms with E-state index in [1.807, 2.05) is 0 Å². The molecule has 0 fully saturated rings. The van der Waals surface area contributed by atoms with Crippen LogP contribution in [0.2, 0.25) is 0 Å². The van der Waals surface area contributed by atoms with Crippen LogP contribution >= 0.6 is 11.6 Å². The smallest absolute Gasteiger partial charge is 0.0587 e. The van der Waals surface area contributed by atoms with E-state index in [0.29, 0.717) is 0 Å². The Morgan fingerprint density at radius 3 is 2.00 bits per heavy atom. The maximum absolute atomic E-state index is 7.32. The number of unbranched alkanes of at least 4 members (excludes halogenated alkanes) is 1. The maximum Gasteiger partial charge on any atom is 0.0587 e. The molecule has 0 aromatic rings. The van der Waals surface area contributed by atoms with Crippen LogP contribution in [0.4, 0.5) is 0 Å². The number of rotatable bonds is 2. The lowest BCUT2D eigenvalue weighted by atomic mass is 10.4. The first-order chi connectivity index (χ1) is 3.83. The Kier molecular flexibility index (Phi) is 21.2. The van der Waals surface area contributed by atoms with Gasteiger partial charge in [-0.05, 0) is 6.42 Å². The van der Waals surface area contributed by atoms with Gasteiger partial charge in [0.05, 0.1) is 6.07 Å². The van der Waals surface area contributed by atoms with Crippen molar-refractivity contribution in [1.82, 2.24) is 0 Å². The third-order valence-electron chi connectivity index (χ3n) is 0.487. The van der Waals surface area contributed by atoms with E-state index >= 15 is 0 Å². The molecule has 0 spiro atoms. The average Bonchev–Trinajstić information content (AvgIpc) is 1.71. The van der Waals surface area contributed by atoms with Crippen LogP contribution in [-0.2, 0) is 0 Å². The molecule has 0 saturated heterocycles. The summed E-state index contributed by atoms with van der Waals surface area (Å²) in [6.07, 6.45) is 2.37. The lowest BCUT2D eigenvalue weighted by Crippen LogP contribution is -1.65. The molecule has 0 unspecified atom stereocenters. The molecule has 0 saturated carbocycles. The SMILES string of the molecule is CC#N.CCCCCl. The van der Waals surface area contributed by atoms with Gasteiger partial charge in [-0.3, -0.25) is 0 Å². The molecule has 0 aromatic heterocycles. The van der Waals surface area contributed by atoms with Crippen LogP contribution in [0.1, 0.15) is 26.7 Å². The minimum absolute atomic E-state index is 0.816. The van der Waals surface area contributed by atoms with E-state index in [9.17, 15) is 0 Å². The zero-order valence-corrected chi connectivity index (χ0v) is 6.20. The second kappa shape index (κ2) is 15.9. The van der Waals surface area contributed by atoms with E-state index in [1.54, 1.807) is 6.07 Å². The molecule has 0 amide bonds. The normalized spacial score (nSPS) is 6.25. The van der Waals surface area contributed by atoms with Crippen LogP contribution in [0.25, 0.3) is 0 Å². The number of hydrogen-bond acceptors (Lipinski definition) is 1. The van der Waals surface area contributed by atoms with E-state index in [4.69, 9.17) is 16.9 Å². The summed E-state index contributed by atoms with van der Waals surface area (Å²) in [5.74, 6) is 0.816. The van der Waals surface area contributed by atoms with Gasteiger partial charge in [0.15, 0.2) is 0 Å². The van der Waals surface area contributed by atoms with E-state index in [0.717, 1.165) is 12.3 Å². The number of hydrogen-bond donors (Lipinski definition) is 0. The first kappa shape index (κ1) is 10.7. The molecule has 0 N–H and O–H groups in total. The van der Waals surface area contributed by atoms with Crippen LogP contribution in [-0.4, -0.2) is 5.88 Å². The third kappa shape index (κ3) is 41.7. The summed E-state index contributed by atoms with van der Waals surface area (Å²) in [5, 5.41) is 7.32. The molecule has 0 radical (unpaired) electrons. The van der Waals surface area contributed by atoms with Gasteiger partial charge in [-0.25, -0.2) is 0 Å². The van der Waals surface area contributed by atoms with Gasteiger partial charge in [-0.1, -0.05) is 13.3 Å². The van der Waals surface area contributed by atoms with Gasteiger partial charge in [-0.15, -0.1) is 11.6 Å². The first-order valence-corrected chi connectivity index (χ1v) is 3.23. The molecule has 0 atom stereocenters. The van der Waals surface area contributed by atoms with Gasteiger partial charge in [0.1, 0.15) is 0 Å². The fraction of sp³-hybridized carbons (Fsp3) is 0.833. The van der Waals surface area contributed by atoms with Crippen molar-refractivity contribution in [3.05, 3.63) is 0 Å². The monoisotopic (exact) mass is 133 g/mol. The summed E-state index contributed by atoms with van der Waals surface area (Å²) in [4.78, 5) is 0. The number of nitrogens with zero attached hydrogens (tertiary/aromatic N) is 1. The van der Waals surface area contributed by atoms with Gasteiger partial charge in [-0.2, -0.15) is 5.26 Å². The standard InChI is InChI=1S/C4H9Cl.C2H3N/c1-2-3-4-5;1-2-3/h2-4H2,1H3;1H3. The van der Waals surface area contributed by atoms with Crippen LogP contribution in [0.5, 0.6) is 0 Å². The van der Waals surface area contributed by atoms with E-state index in [-0.39, 0.29) is 0 Å². The van der Waals surface area contributed by atoms with Gasteiger partial charge >= 0.3 is 0 Å². The Labute approximate surface area is 56.3 Å². The molecule has 2 heteroatoms. The van der Waals surface area contributed by atoms with Crippen LogP contribution in [0.3, 0.4) is 0 Å². The highest BCUT2D eigenvalue weighted by Crippen LogP contribution is 1.86. The summed E-state index contributed by atoms with van der Waals surface area (Å²) in [6, 6.07) is 1.75. The molecule has 0 aromatic carbocycles. The number of halogens is 1. The highest BCUT2D eigenvalue weighted by Gasteiger charge is 1.70. The molecular formula is C6H12ClN. The molecule has 0 bridgehead atoms. The fourth-order valence-corrected chi connectivity index (χ4v) is 0.401. The lowest BCUT2D eigenvalue weighted by molar-refractivity contribution is 0.892. The van der Waals surface area contributed by atoms with E-state index in [2.05, 4.69) is 6.92 Å². The second-order valence-electron chi connectivity index (χ2n) is 1.27. The molecule has 1 nitrogen and oxygen atoms in total. The van der Waals surface area contributed by atoms with Crippen molar-refractivity contribution in [2.24, 2.45) is 0 Å². The largest absolute Gasteiger partial charge is 0.199 e. The highest BCUT2D eigenvalue weighted by atomic mass is 35.5. The van der Waals surface area contributed by atoms with Crippen molar-refractivity contribution in [3.8, 4) is 6.07 Å². The molecule has 48 valence electrons. The maximum atomic E-state index is 7.32. The minimum atomic E-state index is 0.816. The van der Waals surface area contributed by atoms with Gasteiger partial charge in [0.25, 0.3) is 0 Å². The third-order valence-corrected chi connectivity index (χ3v) is 0.754.